The highest BCUT2D eigenvalue weighted by Crippen LogP contribution is 2.53. The highest BCUT2D eigenvalue weighted by Gasteiger charge is 2.39. The third-order valence-corrected chi connectivity index (χ3v) is 5.48. The Morgan fingerprint density at radius 1 is 1.30 bits per heavy atom. The lowest BCUT2D eigenvalue weighted by atomic mass is 9.63. The SMILES string of the molecule is C=C(C)[C@]1(C)CCC(C)=CC1c1c(O)cc(CCCC)cc1O. The zero-order valence-corrected chi connectivity index (χ0v) is 14.9. The minimum atomic E-state index is -0.139. The lowest BCUT2D eigenvalue weighted by molar-refractivity contribution is 0.296. The number of hydrogen-bond acceptors (Lipinski definition) is 2. The summed E-state index contributed by atoms with van der Waals surface area (Å²) >= 11 is 0. The Balaban J connectivity index is 2.50. The topological polar surface area (TPSA) is 40.5 Å². The van der Waals surface area contributed by atoms with Crippen molar-refractivity contribution >= 4 is 0 Å². The normalized spacial score (nSPS) is 24.3. The van der Waals surface area contributed by atoms with Crippen LogP contribution in [0.2, 0.25) is 0 Å². The van der Waals surface area contributed by atoms with Gasteiger partial charge in [0.2, 0.25) is 0 Å². The van der Waals surface area contributed by atoms with E-state index in [1.54, 1.807) is 0 Å². The Kier molecular flexibility index (Phi) is 5.23. The molecule has 2 nitrogen and oxygen atoms in total. The molecular formula is C21H30O2. The molecule has 2 heteroatoms. The van der Waals surface area contributed by atoms with Crippen LogP contribution in [-0.4, -0.2) is 10.2 Å². The van der Waals surface area contributed by atoms with Crippen molar-refractivity contribution < 1.29 is 10.2 Å². The van der Waals surface area contributed by atoms with Gasteiger partial charge in [0.15, 0.2) is 0 Å². The molecule has 23 heavy (non-hydrogen) atoms. The van der Waals surface area contributed by atoms with Crippen molar-refractivity contribution in [1.29, 1.82) is 0 Å². The molecule has 1 aromatic rings. The molecule has 0 spiro atoms. The Labute approximate surface area is 140 Å². The average Bonchev–Trinajstić information content (AvgIpc) is 2.48. The summed E-state index contributed by atoms with van der Waals surface area (Å²) in [5.41, 5.74) is 3.91. The van der Waals surface area contributed by atoms with Gasteiger partial charge in [-0.1, -0.05) is 44.1 Å². The predicted molar refractivity (Wildman–Crippen MR) is 97.0 cm³/mol. The fraction of sp³-hybridized carbons (Fsp3) is 0.524. The summed E-state index contributed by atoms with van der Waals surface area (Å²) in [5.74, 6) is 0.382. The van der Waals surface area contributed by atoms with Gasteiger partial charge in [-0.3, -0.25) is 0 Å². The lowest BCUT2D eigenvalue weighted by Gasteiger charge is -2.41. The van der Waals surface area contributed by atoms with Crippen LogP contribution in [-0.2, 0) is 6.42 Å². The van der Waals surface area contributed by atoms with Gasteiger partial charge in [0.1, 0.15) is 11.5 Å². The van der Waals surface area contributed by atoms with Gasteiger partial charge in [0.05, 0.1) is 0 Å². The van der Waals surface area contributed by atoms with Crippen molar-refractivity contribution in [1.82, 2.24) is 0 Å². The van der Waals surface area contributed by atoms with Gasteiger partial charge in [-0.25, -0.2) is 0 Å². The minimum absolute atomic E-state index is 0.0334. The largest absolute Gasteiger partial charge is 0.507 e. The molecule has 0 amide bonds. The second-order valence-corrected chi connectivity index (χ2v) is 7.34. The molecule has 0 saturated heterocycles. The minimum Gasteiger partial charge on any atom is -0.507 e. The molecule has 2 atom stereocenters. The third kappa shape index (κ3) is 3.46. The number of phenolic OH excluding ortho intramolecular Hbond substituents is 2. The van der Waals surface area contributed by atoms with Crippen LogP contribution in [0.1, 0.15) is 70.4 Å². The van der Waals surface area contributed by atoms with Gasteiger partial charge in [-0.05, 0) is 62.6 Å². The summed E-state index contributed by atoms with van der Waals surface area (Å²) in [5, 5.41) is 21.2. The highest BCUT2D eigenvalue weighted by molar-refractivity contribution is 5.52. The van der Waals surface area contributed by atoms with Gasteiger partial charge in [0.25, 0.3) is 0 Å². The lowest BCUT2D eigenvalue weighted by Crippen LogP contribution is -2.29. The molecule has 126 valence electrons. The zero-order chi connectivity index (χ0) is 17.2. The van der Waals surface area contributed by atoms with Crippen molar-refractivity contribution in [2.45, 2.75) is 65.7 Å². The van der Waals surface area contributed by atoms with E-state index in [4.69, 9.17) is 0 Å². The van der Waals surface area contributed by atoms with Crippen LogP contribution in [0.4, 0.5) is 0 Å². The quantitative estimate of drug-likeness (QED) is 0.670. The van der Waals surface area contributed by atoms with E-state index in [1.165, 1.54) is 5.57 Å². The molecule has 0 fully saturated rings. The number of rotatable bonds is 5. The maximum Gasteiger partial charge on any atom is 0.123 e. The van der Waals surface area contributed by atoms with E-state index >= 15 is 0 Å². The molecule has 2 N–H and O–H groups in total. The molecule has 1 aromatic carbocycles. The first-order valence-electron chi connectivity index (χ1n) is 8.67. The highest BCUT2D eigenvalue weighted by atomic mass is 16.3. The molecule has 0 aliphatic heterocycles. The van der Waals surface area contributed by atoms with Crippen LogP contribution in [0, 0.1) is 5.41 Å². The molecule has 0 saturated carbocycles. The average molecular weight is 314 g/mol. The Morgan fingerprint density at radius 2 is 1.91 bits per heavy atom. The van der Waals surface area contributed by atoms with E-state index in [0.29, 0.717) is 5.56 Å². The van der Waals surface area contributed by atoms with Crippen LogP contribution in [0.5, 0.6) is 11.5 Å². The third-order valence-electron chi connectivity index (χ3n) is 5.48. The molecule has 2 rings (SSSR count). The summed E-state index contributed by atoms with van der Waals surface area (Å²) in [6, 6.07) is 3.64. The van der Waals surface area contributed by atoms with Crippen LogP contribution in [0.3, 0.4) is 0 Å². The van der Waals surface area contributed by atoms with E-state index in [1.807, 2.05) is 19.1 Å². The molecule has 0 radical (unpaired) electrons. The van der Waals surface area contributed by atoms with Crippen molar-refractivity contribution in [3.63, 3.8) is 0 Å². The molecule has 1 unspecified atom stereocenters. The van der Waals surface area contributed by atoms with E-state index in [0.717, 1.165) is 43.2 Å². The summed E-state index contributed by atoms with van der Waals surface area (Å²) in [7, 11) is 0. The number of aryl methyl sites for hydroxylation is 1. The van der Waals surface area contributed by atoms with Gasteiger partial charge in [-0.15, -0.1) is 0 Å². The molecule has 0 bridgehead atoms. The van der Waals surface area contributed by atoms with Gasteiger partial charge >= 0.3 is 0 Å². The van der Waals surface area contributed by atoms with E-state index < -0.39 is 0 Å². The number of unbranched alkanes of at least 4 members (excludes halogenated alkanes) is 1. The maximum atomic E-state index is 10.6. The molecule has 0 heterocycles. The van der Waals surface area contributed by atoms with Gasteiger partial charge in [0, 0.05) is 11.5 Å². The van der Waals surface area contributed by atoms with Gasteiger partial charge < -0.3 is 10.2 Å². The number of hydrogen-bond donors (Lipinski definition) is 2. The summed E-state index contributed by atoms with van der Waals surface area (Å²) in [4.78, 5) is 0. The van der Waals surface area contributed by atoms with Crippen LogP contribution < -0.4 is 0 Å². The molecular weight excluding hydrogens is 284 g/mol. The van der Waals surface area contributed by atoms with Gasteiger partial charge in [-0.2, -0.15) is 0 Å². The first kappa shape index (κ1) is 17.7. The maximum absolute atomic E-state index is 10.6. The Hall–Kier alpha value is -1.70. The Morgan fingerprint density at radius 3 is 2.43 bits per heavy atom. The van der Waals surface area contributed by atoms with Crippen molar-refractivity contribution in [2.24, 2.45) is 5.41 Å². The first-order valence-corrected chi connectivity index (χ1v) is 8.67. The van der Waals surface area contributed by atoms with Crippen molar-refractivity contribution in [3.05, 3.63) is 47.1 Å². The number of aromatic hydroxyl groups is 2. The van der Waals surface area contributed by atoms with Crippen LogP contribution in [0.25, 0.3) is 0 Å². The van der Waals surface area contributed by atoms with Crippen LogP contribution >= 0.6 is 0 Å². The van der Waals surface area contributed by atoms with Crippen molar-refractivity contribution in [3.8, 4) is 11.5 Å². The molecule has 0 aromatic heterocycles. The summed E-state index contributed by atoms with van der Waals surface area (Å²) < 4.78 is 0. The predicted octanol–water partition coefficient (Wildman–Crippen LogP) is 5.85. The number of phenols is 2. The van der Waals surface area contributed by atoms with E-state index in [2.05, 4.69) is 33.4 Å². The molecule has 1 aliphatic carbocycles. The summed E-state index contributed by atoms with van der Waals surface area (Å²) in [6.45, 7) is 12.7. The second-order valence-electron chi connectivity index (χ2n) is 7.34. The van der Waals surface area contributed by atoms with E-state index in [9.17, 15) is 10.2 Å². The second kappa shape index (κ2) is 6.82. The molecule has 1 aliphatic rings. The first-order chi connectivity index (χ1) is 10.8. The fourth-order valence-electron chi connectivity index (χ4n) is 3.57. The van der Waals surface area contributed by atoms with Crippen LogP contribution in [0.15, 0.2) is 35.9 Å². The monoisotopic (exact) mass is 314 g/mol. The zero-order valence-electron chi connectivity index (χ0n) is 14.9. The van der Waals surface area contributed by atoms with E-state index in [-0.39, 0.29) is 22.8 Å². The Bertz CT molecular complexity index is 604. The standard InChI is InChI=1S/C21H30O2/c1-6-7-8-16-12-18(22)20(19(23)13-16)17-11-15(4)9-10-21(17,5)14(2)3/h11-13,17,22-23H,2,6-10H2,1,3-5H3/t17?,21-/m0/s1. The smallest absolute Gasteiger partial charge is 0.123 e. The van der Waals surface area contributed by atoms with Crippen molar-refractivity contribution in [2.75, 3.05) is 0 Å². The fourth-order valence-corrected chi connectivity index (χ4v) is 3.57. The summed E-state index contributed by atoms with van der Waals surface area (Å²) in [6.07, 6.45) is 7.27. The number of benzene rings is 1. The number of allylic oxidation sites excluding steroid dienone is 3.